The molecule has 0 spiro atoms. The highest BCUT2D eigenvalue weighted by Crippen LogP contribution is 2.19. The van der Waals surface area contributed by atoms with E-state index in [4.69, 9.17) is 0 Å². The smallest absolute Gasteiger partial charge is 0.251 e. The largest absolute Gasteiger partial charge is 0.353 e. The number of benzene rings is 1. The first-order valence-corrected chi connectivity index (χ1v) is 6.62. The van der Waals surface area contributed by atoms with Crippen molar-refractivity contribution in [3.8, 4) is 0 Å². The molecule has 0 unspecified atom stereocenters. The molecule has 3 nitrogen and oxygen atoms in total. The van der Waals surface area contributed by atoms with Gasteiger partial charge in [0.25, 0.3) is 5.91 Å². The fraction of sp³-hybridized carbons (Fsp3) is 0.214. The maximum Gasteiger partial charge on any atom is 0.251 e. The summed E-state index contributed by atoms with van der Waals surface area (Å²) in [6, 6.07) is 9.59. The van der Waals surface area contributed by atoms with E-state index in [1.807, 2.05) is 54.2 Å². The molecular formula is C14H15BrN2O. The fourth-order valence-electron chi connectivity index (χ4n) is 1.77. The van der Waals surface area contributed by atoms with Crippen molar-refractivity contribution >= 4 is 21.8 Å². The minimum Gasteiger partial charge on any atom is -0.353 e. The molecule has 0 aliphatic rings. The number of aromatic nitrogens is 1. The van der Waals surface area contributed by atoms with Gasteiger partial charge in [0.1, 0.15) is 0 Å². The van der Waals surface area contributed by atoms with Crippen LogP contribution in [0.5, 0.6) is 0 Å². The molecule has 0 atom stereocenters. The van der Waals surface area contributed by atoms with Crippen molar-refractivity contribution in [3.05, 3.63) is 58.3 Å². The molecule has 18 heavy (non-hydrogen) atoms. The second-order valence-electron chi connectivity index (χ2n) is 4.09. The molecule has 0 bridgehead atoms. The van der Waals surface area contributed by atoms with Crippen molar-refractivity contribution in [2.45, 2.75) is 13.5 Å². The Bertz CT molecular complexity index is 535. The number of halogens is 1. The SMILES string of the molecule is Cc1c(Br)cccc1C(=O)NCCn1cccc1. The molecule has 2 aromatic rings. The average Bonchev–Trinajstić information content (AvgIpc) is 2.85. The molecule has 94 valence electrons. The number of nitrogens with zero attached hydrogens (tertiary/aromatic N) is 1. The summed E-state index contributed by atoms with van der Waals surface area (Å²) in [5.74, 6) is -0.0269. The highest BCUT2D eigenvalue weighted by Gasteiger charge is 2.09. The van der Waals surface area contributed by atoms with Gasteiger partial charge in [0.2, 0.25) is 0 Å². The Labute approximate surface area is 115 Å². The molecule has 1 aromatic heterocycles. The first kappa shape index (κ1) is 12.9. The number of carbonyl (C=O) groups excluding carboxylic acids is 1. The summed E-state index contributed by atoms with van der Waals surface area (Å²) in [4.78, 5) is 12.0. The van der Waals surface area contributed by atoms with Crippen LogP contribution in [0.1, 0.15) is 15.9 Å². The summed E-state index contributed by atoms with van der Waals surface area (Å²) in [6.07, 6.45) is 3.97. The van der Waals surface area contributed by atoms with Gasteiger partial charge in [-0.3, -0.25) is 4.79 Å². The average molecular weight is 307 g/mol. The maximum absolute atomic E-state index is 12.0. The van der Waals surface area contributed by atoms with Crippen LogP contribution in [0, 0.1) is 6.92 Å². The zero-order chi connectivity index (χ0) is 13.0. The Morgan fingerprint density at radius 3 is 2.72 bits per heavy atom. The number of rotatable bonds is 4. The molecule has 0 aliphatic carbocycles. The highest BCUT2D eigenvalue weighted by molar-refractivity contribution is 9.10. The van der Waals surface area contributed by atoms with Crippen LogP contribution in [0.25, 0.3) is 0 Å². The van der Waals surface area contributed by atoms with E-state index < -0.39 is 0 Å². The number of nitrogens with one attached hydrogen (secondary N) is 1. The molecule has 1 heterocycles. The van der Waals surface area contributed by atoms with Gasteiger partial charge in [-0.1, -0.05) is 22.0 Å². The molecule has 1 N–H and O–H groups in total. The third-order valence-corrected chi connectivity index (χ3v) is 3.69. The molecule has 0 fully saturated rings. The van der Waals surface area contributed by atoms with Crippen LogP contribution >= 0.6 is 15.9 Å². The molecule has 0 radical (unpaired) electrons. The monoisotopic (exact) mass is 306 g/mol. The lowest BCUT2D eigenvalue weighted by Gasteiger charge is -2.09. The van der Waals surface area contributed by atoms with Crippen molar-refractivity contribution < 1.29 is 4.79 Å². The van der Waals surface area contributed by atoms with E-state index in [-0.39, 0.29) is 5.91 Å². The molecule has 0 saturated carbocycles. The maximum atomic E-state index is 12.0. The summed E-state index contributed by atoms with van der Waals surface area (Å²) >= 11 is 3.43. The molecule has 0 aliphatic heterocycles. The van der Waals surface area contributed by atoms with Gasteiger partial charge in [-0.05, 0) is 36.8 Å². The van der Waals surface area contributed by atoms with Gasteiger partial charge in [0.15, 0.2) is 0 Å². The van der Waals surface area contributed by atoms with Gasteiger partial charge >= 0.3 is 0 Å². The van der Waals surface area contributed by atoms with Crippen LogP contribution in [-0.4, -0.2) is 17.0 Å². The number of hydrogen-bond donors (Lipinski definition) is 1. The van der Waals surface area contributed by atoms with E-state index in [2.05, 4.69) is 21.2 Å². The quantitative estimate of drug-likeness (QED) is 0.926. The van der Waals surface area contributed by atoms with Crippen LogP contribution in [0.15, 0.2) is 47.2 Å². The van der Waals surface area contributed by atoms with Gasteiger partial charge in [0.05, 0.1) is 0 Å². The van der Waals surface area contributed by atoms with E-state index in [9.17, 15) is 4.79 Å². The summed E-state index contributed by atoms with van der Waals surface area (Å²) < 4.78 is 2.99. The molecule has 2 rings (SSSR count). The number of hydrogen-bond acceptors (Lipinski definition) is 1. The normalized spacial score (nSPS) is 10.3. The lowest BCUT2D eigenvalue weighted by molar-refractivity contribution is 0.0951. The Balaban J connectivity index is 1.93. The van der Waals surface area contributed by atoms with E-state index in [1.165, 1.54) is 0 Å². The first-order valence-electron chi connectivity index (χ1n) is 5.82. The minimum atomic E-state index is -0.0269. The van der Waals surface area contributed by atoms with Gasteiger partial charge in [-0.25, -0.2) is 0 Å². The van der Waals surface area contributed by atoms with Crippen LogP contribution in [0.4, 0.5) is 0 Å². The van der Waals surface area contributed by atoms with Crippen LogP contribution in [-0.2, 0) is 6.54 Å². The number of carbonyl (C=O) groups is 1. The zero-order valence-corrected chi connectivity index (χ0v) is 11.8. The second-order valence-corrected chi connectivity index (χ2v) is 4.94. The third kappa shape index (κ3) is 3.01. The summed E-state index contributed by atoms with van der Waals surface area (Å²) in [5, 5.41) is 2.92. The Hall–Kier alpha value is -1.55. The van der Waals surface area contributed by atoms with Gasteiger partial charge in [-0.2, -0.15) is 0 Å². The van der Waals surface area contributed by atoms with Crippen LogP contribution in [0.3, 0.4) is 0 Å². The van der Waals surface area contributed by atoms with E-state index >= 15 is 0 Å². The van der Waals surface area contributed by atoms with Crippen LogP contribution in [0.2, 0.25) is 0 Å². The summed E-state index contributed by atoms with van der Waals surface area (Å²) in [6.45, 7) is 3.34. The molecule has 1 aromatic carbocycles. The van der Waals surface area contributed by atoms with Gasteiger partial charge < -0.3 is 9.88 Å². The first-order chi connectivity index (χ1) is 8.68. The van der Waals surface area contributed by atoms with Crippen molar-refractivity contribution in [1.29, 1.82) is 0 Å². The predicted octanol–water partition coefficient (Wildman–Crippen LogP) is 2.99. The minimum absolute atomic E-state index is 0.0269. The lowest BCUT2D eigenvalue weighted by atomic mass is 10.1. The fourth-order valence-corrected chi connectivity index (χ4v) is 2.13. The molecular weight excluding hydrogens is 292 g/mol. The zero-order valence-electron chi connectivity index (χ0n) is 10.2. The Kier molecular flexibility index (Phi) is 4.20. The van der Waals surface area contributed by atoms with Crippen molar-refractivity contribution in [2.75, 3.05) is 6.54 Å². The Morgan fingerprint density at radius 2 is 2.00 bits per heavy atom. The molecule has 4 heteroatoms. The van der Waals surface area contributed by atoms with E-state index in [0.717, 1.165) is 22.1 Å². The predicted molar refractivity (Wildman–Crippen MR) is 75.6 cm³/mol. The highest BCUT2D eigenvalue weighted by atomic mass is 79.9. The lowest BCUT2D eigenvalue weighted by Crippen LogP contribution is -2.27. The topological polar surface area (TPSA) is 34.0 Å². The van der Waals surface area contributed by atoms with Crippen molar-refractivity contribution in [3.63, 3.8) is 0 Å². The summed E-state index contributed by atoms with van der Waals surface area (Å²) in [5.41, 5.74) is 1.69. The molecule has 0 saturated heterocycles. The second kappa shape index (κ2) is 5.87. The van der Waals surface area contributed by atoms with Crippen LogP contribution < -0.4 is 5.32 Å². The van der Waals surface area contributed by atoms with E-state index in [1.54, 1.807) is 0 Å². The van der Waals surface area contributed by atoms with E-state index in [0.29, 0.717) is 6.54 Å². The van der Waals surface area contributed by atoms with Crippen molar-refractivity contribution in [2.24, 2.45) is 0 Å². The van der Waals surface area contributed by atoms with Crippen molar-refractivity contribution in [1.82, 2.24) is 9.88 Å². The summed E-state index contributed by atoms with van der Waals surface area (Å²) in [7, 11) is 0. The van der Waals surface area contributed by atoms with Gasteiger partial charge in [0, 0.05) is 35.5 Å². The standard InChI is InChI=1S/C14H15BrN2O/c1-11-12(5-4-6-13(11)15)14(18)16-7-10-17-8-2-3-9-17/h2-6,8-9H,7,10H2,1H3,(H,16,18). The Morgan fingerprint density at radius 1 is 1.28 bits per heavy atom. The van der Waals surface area contributed by atoms with Gasteiger partial charge in [-0.15, -0.1) is 0 Å². The molecule has 1 amide bonds. The third-order valence-electron chi connectivity index (χ3n) is 2.83. The number of amides is 1.